The number of hydrogen-bond donors (Lipinski definition) is 0. The Balaban J connectivity index is 2.41. The Hall–Kier alpha value is -0.850. The summed E-state index contributed by atoms with van der Waals surface area (Å²) in [5.41, 5.74) is 1.36. The van der Waals surface area contributed by atoms with Crippen LogP contribution < -0.4 is 0 Å². The highest BCUT2D eigenvalue weighted by Crippen LogP contribution is 2.11. The highest BCUT2D eigenvalue weighted by molar-refractivity contribution is 5.08. The van der Waals surface area contributed by atoms with Crippen LogP contribution in [0.5, 0.6) is 0 Å². The minimum absolute atomic E-state index is 0.791. The van der Waals surface area contributed by atoms with Gasteiger partial charge in [0.05, 0.1) is 0 Å². The third kappa shape index (κ3) is 3.04. The molecule has 0 bridgehead atoms. The van der Waals surface area contributed by atoms with Crippen molar-refractivity contribution in [3.8, 4) is 0 Å². The van der Waals surface area contributed by atoms with Crippen molar-refractivity contribution in [1.82, 2.24) is 4.98 Å². The van der Waals surface area contributed by atoms with Gasteiger partial charge in [-0.3, -0.25) is 4.98 Å². The average molecular weight is 163 g/mol. The molecule has 1 rings (SSSR count). The molecule has 1 heteroatoms. The molecule has 1 atom stereocenters. The van der Waals surface area contributed by atoms with Crippen LogP contribution >= 0.6 is 0 Å². The predicted octanol–water partition coefficient (Wildman–Crippen LogP) is 3.06. The van der Waals surface area contributed by atoms with Gasteiger partial charge >= 0.3 is 0 Å². The zero-order valence-electron chi connectivity index (χ0n) is 7.96. The molecular weight excluding hydrogens is 146 g/mol. The fourth-order valence-corrected chi connectivity index (χ4v) is 1.52. The molecule has 0 fully saturated rings. The molecule has 0 N–H and O–H groups in total. The van der Waals surface area contributed by atoms with E-state index in [0.29, 0.717) is 0 Å². The molecule has 0 aliphatic rings. The summed E-state index contributed by atoms with van der Waals surface area (Å²) >= 11 is 0. The van der Waals surface area contributed by atoms with Crippen LogP contribution in [0.3, 0.4) is 0 Å². The third-order valence-corrected chi connectivity index (χ3v) is 2.09. The van der Waals surface area contributed by atoms with Crippen molar-refractivity contribution in [3.05, 3.63) is 30.1 Å². The second-order valence-corrected chi connectivity index (χ2v) is 3.46. The van der Waals surface area contributed by atoms with Gasteiger partial charge in [-0.1, -0.05) is 32.8 Å². The van der Waals surface area contributed by atoms with E-state index in [2.05, 4.69) is 24.9 Å². The third-order valence-electron chi connectivity index (χ3n) is 2.09. The first-order valence-electron chi connectivity index (χ1n) is 4.71. The van der Waals surface area contributed by atoms with E-state index in [1.165, 1.54) is 24.8 Å². The molecule has 0 unspecified atom stereocenters. The van der Waals surface area contributed by atoms with E-state index in [9.17, 15) is 0 Å². The summed E-state index contributed by atoms with van der Waals surface area (Å²) in [5, 5.41) is 0. The lowest BCUT2D eigenvalue weighted by molar-refractivity contribution is 0.522. The van der Waals surface area contributed by atoms with Crippen molar-refractivity contribution in [2.45, 2.75) is 33.1 Å². The summed E-state index contributed by atoms with van der Waals surface area (Å²) in [6.45, 7) is 4.54. The highest BCUT2D eigenvalue weighted by Gasteiger charge is 2.01. The van der Waals surface area contributed by atoms with Gasteiger partial charge in [0.2, 0.25) is 0 Å². The molecular formula is C11H17N. The molecule has 1 nitrogen and oxygen atoms in total. The van der Waals surface area contributed by atoms with Gasteiger partial charge in [-0.05, 0) is 24.0 Å². The maximum atomic E-state index is 4.10. The highest BCUT2D eigenvalue weighted by atomic mass is 14.6. The maximum Gasteiger partial charge on any atom is 0.0299 e. The molecule has 1 heterocycles. The van der Waals surface area contributed by atoms with Gasteiger partial charge in [0, 0.05) is 12.4 Å². The first kappa shape index (κ1) is 9.24. The van der Waals surface area contributed by atoms with Crippen LogP contribution in [0, 0.1) is 5.92 Å². The molecule has 0 radical (unpaired) electrons. The fourth-order valence-electron chi connectivity index (χ4n) is 1.52. The molecule has 0 aliphatic heterocycles. The van der Waals surface area contributed by atoms with Crippen molar-refractivity contribution >= 4 is 0 Å². The van der Waals surface area contributed by atoms with E-state index in [-0.39, 0.29) is 0 Å². The first-order valence-corrected chi connectivity index (χ1v) is 4.71. The van der Waals surface area contributed by atoms with Gasteiger partial charge in [-0.15, -0.1) is 0 Å². The Labute approximate surface area is 74.8 Å². The number of rotatable bonds is 4. The van der Waals surface area contributed by atoms with Crippen molar-refractivity contribution in [2.24, 2.45) is 5.92 Å². The topological polar surface area (TPSA) is 12.9 Å². The molecule has 0 amide bonds. The Morgan fingerprint density at radius 1 is 1.50 bits per heavy atom. The van der Waals surface area contributed by atoms with Gasteiger partial charge < -0.3 is 0 Å². The Bertz CT molecular complexity index is 206. The monoisotopic (exact) mass is 163 g/mol. The molecule has 66 valence electrons. The minimum atomic E-state index is 0.791. The van der Waals surface area contributed by atoms with E-state index >= 15 is 0 Å². The smallest absolute Gasteiger partial charge is 0.0299 e. The minimum Gasteiger partial charge on any atom is -0.264 e. The summed E-state index contributed by atoms with van der Waals surface area (Å²) in [5.74, 6) is 0.791. The molecule has 0 saturated heterocycles. The van der Waals surface area contributed by atoms with Crippen LogP contribution in [0.4, 0.5) is 0 Å². The quantitative estimate of drug-likeness (QED) is 0.664. The van der Waals surface area contributed by atoms with Crippen LogP contribution in [-0.4, -0.2) is 4.98 Å². The lowest BCUT2D eigenvalue weighted by atomic mass is 9.98. The molecule has 1 aromatic rings. The molecule has 0 spiro atoms. The summed E-state index contributed by atoms with van der Waals surface area (Å²) in [6, 6.07) is 4.16. The van der Waals surface area contributed by atoms with Crippen LogP contribution in [0.25, 0.3) is 0 Å². The molecule has 12 heavy (non-hydrogen) atoms. The summed E-state index contributed by atoms with van der Waals surface area (Å²) in [4.78, 5) is 4.10. The molecule has 0 aliphatic carbocycles. The van der Waals surface area contributed by atoms with E-state index in [4.69, 9.17) is 0 Å². The van der Waals surface area contributed by atoms with Crippen molar-refractivity contribution < 1.29 is 0 Å². The van der Waals surface area contributed by atoms with Crippen LogP contribution in [0.2, 0.25) is 0 Å². The van der Waals surface area contributed by atoms with Crippen molar-refractivity contribution in [1.29, 1.82) is 0 Å². The SMILES string of the molecule is CCC[C@@H](C)Cc1cccnc1. The van der Waals surface area contributed by atoms with Gasteiger partial charge in [-0.2, -0.15) is 0 Å². The van der Waals surface area contributed by atoms with E-state index < -0.39 is 0 Å². The Morgan fingerprint density at radius 2 is 2.33 bits per heavy atom. The zero-order chi connectivity index (χ0) is 8.81. The Morgan fingerprint density at radius 3 is 2.92 bits per heavy atom. The van der Waals surface area contributed by atoms with E-state index in [1.807, 2.05) is 18.5 Å². The lowest BCUT2D eigenvalue weighted by Gasteiger charge is -2.08. The average Bonchev–Trinajstić information content (AvgIpc) is 2.06. The van der Waals surface area contributed by atoms with Crippen LogP contribution in [0.15, 0.2) is 24.5 Å². The predicted molar refractivity (Wildman–Crippen MR) is 52.0 cm³/mol. The standard InChI is InChI=1S/C11H17N/c1-3-5-10(2)8-11-6-4-7-12-9-11/h4,6-7,9-10H,3,5,8H2,1-2H3/t10-/m1/s1. The largest absolute Gasteiger partial charge is 0.264 e. The molecule has 0 aromatic carbocycles. The maximum absolute atomic E-state index is 4.10. The lowest BCUT2D eigenvalue weighted by Crippen LogP contribution is -1.98. The van der Waals surface area contributed by atoms with Gasteiger partial charge in [-0.25, -0.2) is 0 Å². The van der Waals surface area contributed by atoms with E-state index in [0.717, 1.165) is 5.92 Å². The zero-order valence-corrected chi connectivity index (χ0v) is 7.96. The van der Waals surface area contributed by atoms with Gasteiger partial charge in [0.1, 0.15) is 0 Å². The summed E-state index contributed by atoms with van der Waals surface area (Å²) < 4.78 is 0. The van der Waals surface area contributed by atoms with Crippen LogP contribution in [0.1, 0.15) is 32.3 Å². The van der Waals surface area contributed by atoms with E-state index in [1.54, 1.807) is 0 Å². The van der Waals surface area contributed by atoms with Crippen LogP contribution in [-0.2, 0) is 6.42 Å². The second-order valence-electron chi connectivity index (χ2n) is 3.46. The van der Waals surface area contributed by atoms with Crippen molar-refractivity contribution in [2.75, 3.05) is 0 Å². The number of pyridine rings is 1. The molecule has 1 aromatic heterocycles. The number of nitrogens with zero attached hydrogens (tertiary/aromatic N) is 1. The Kier molecular flexibility index (Phi) is 3.78. The molecule has 0 saturated carbocycles. The fraction of sp³-hybridized carbons (Fsp3) is 0.545. The van der Waals surface area contributed by atoms with Gasteiger partial charge in [0.15, 0.2) is 0 Å². The summed E-state index contributed by atoms with van der Waals surface area (Å²) in [6.07, 6.45) is 7.55. The number of hydrogen-bond acceptors (Lipinski definition) is 1. The number of aromatic nitrogens is 1. The second kappa shape index (κ2) is 4.91. The summed E-state index contributed by atoms with van der Waals surface area (Å²) in [7, 11) is 0. The first-order chi connectivity index (χ1) is 5.83. The normalized spacial score (nSPS) is 12.8. The van der Waals surface area contributed by atoms with Crippen molar-refractivity contribution in [3.63, 3.8) is 0 Å². The van der Waals surface area contributed by atoms with Gasteiger partial charge in [0.25, 0.3) is 0 Å².